The number of nitrogens with one attached hydrogen (secondary N) is 2. The van der Waals surface area contributed by atoms with Gasteiger partial charge in [0.1, 0.15) is 12.3 Å². The van der Waals surface area contributed by atoms with Gasteiger partial charge in [0.05, 0.1) is 12.1 Å². The van der Waals surface area contributed by atoms with E-state index in [0.29, 0.717) is 19.3 Å². The minimum Gasteiger partial charge on any atom is -0.344 e. The van der Waals surface area contributed by atoms with Gasteiger partial charge in [0.15, 0.2) is 0 Å². The van der Waals surface area contributed by atoms with Crippen LogP contribution in [0.5, 0.6) is 0 Å². The van der Waals surface area contributed by atoms with Crippen LogP contribution >= 0.6 is 12.6 Å². The van der Waals surface area contributed by atoms with Crippen molar-refractivity contribution in [2.45, 2.75) is 51.2 Å². The summed E-state index contributed by atoms with van der Waals surface area (Å²) in [5.41, 5.74) is 11.2. The van der Waals surface area contributed by atoms with Crippen molar-refractivity contribution in [2.75, 3.05) is 12.3 Å². The predicted molar refractivity (Wildman–Crippen MR) is 89.5 cm³/mol. The van der Waals surface area contributed by atoms with E-state index in [1.54, 1.807) is 13.8 Å². The van der Waals surface area contributed by atoms with Crippen molar-refractivity contribution in [2.24, 2.45) is 17.4 Å². The van der Waals surface area contributed by atoms with Crippen molar-refractivity contribution in [1.29, 1.82) is 0 Å². The zero-order chi connectivity index (χ0) is 17.1. The highest BCUT2D eigenvalue weighted by Gasteiger charge is 2.27. The molecule has 7 nitrogen and oxygen atoms in total. The molecule has 128 valence electrons. The molecule has 0 heterocycles. The van der Waals surface area contributed by atoms with Crippen LogP contribution in [0.25, 0.3) is 0 Å². The Morgan fingerprint density at radius 3 is 2.27 bits per heavy atom. The van der Waals surface area contributed by atoms with Gasteiger partial charge in [-0.15, -0.1) is 0 Å². The molecule has 0 radical (unpaired) electrons. The molecule has 0 saturated carbocycles. The molecule has 3 atom stereocenters. The summed E-state index contributed by atoms with van der Waals surface area (Å²) in [5, 5.41) is 5.19. The van der Waals surface area contributed by atoms with Gasteiger partial charge in [-0.1, -0.05) is 20.3 Å². The highest BCUT2D eigenvalue weighted by atomic mass is 32.1. The Morgan fingerprint density at radius 2 is 1.82 bits per heavy atom. The fourth-order valence-corrected chi connectivity index (χ4v) is 2.01. The van der Waals surface area contributed by atoms with Gasteiger partial charge in [0, 0.05) is 5.75 Å². The maximum atomic E-state index is 12.2. The summed E-state index contributed by atoms with van der Waals surface area (Å²) in [4.78, 5) is 35.0. The summed E-state index contributed by atoms with van der Waals surface area (Å²) in [5.74, 6) is -0.720. The van der Waals surface area contributed by atoms with Gasteiger partial charge >= 0.3 is 0 Å². The van der Waals surface area contributed by atoms with E-state index >= 15 is 0 Å². The minimum absolute atomic E-state index is 0.132. The van der Waals surface area contributed by atoms with E-state index in [2.05, 4.69) is 23.3 Å². The monoisotopic (exact) mass is 332 g/mol. The lowest BCUT2D eigenvalue weighted by atomic mass is 10.0. The number of carbonyl (C=O) groups is 3. The molecule has 0 aliphatic carbocycles. The molecule has 0 aliphatic rings. The molecule has 6 N–H and O–H groups in total. The SMILES string of the molecule is CC(C)[C@H](NC(=O)[C@@H](N)CCCCN)C(=O)N[C@H](C=O)CS. The third kappa shape index (κ3) is 7.77. The minimum atomic E-state index is -0.740. The van der Waals surface area contributed by atoms with Gasteiger partial charge in [-0.05, 0) is 25.3 Å². The molecule has 0 aromatic heterocycles. The van der Waals surface area contributed by atoms with Crippen molar-refractivity contribution >= 4 is 30.7 Å². The molecule has 0 saturated heterocycles. The summed E-state index contributed by atoms with van der Waals surface area (Å²) in [6, 6.07) is -2.09. The highest BCUT2D eigenvalue weighted by molar-refractivity contribution is 7.80. The van der Waals surface area contributed by atoms with E-state index in [4.69, 9.17) is 11.5 Å². The van der Waals surface area contributed by atoms with Crippen LogP contribution in [0.15, 0.2) is 0 Å². The second kappa shape index (κ2) is 11.4. The van der Waals surface area contributed by atoms with Crippen LogP contribution in [0.2, 0.25) is 0 Å². The first-order chi connectivity index (χ1) is 10.4. The second-order valence-corrected chi connectivity index (χ2v) is 5.92. The molecule has 0 aromatic carbocycles. The Morgan fingerprint density at radius 1 is 1.18 bits per heavy atom. The lowest BCUT2D eigenvalue weighted by Crippen LogP contribution is -2.55. The fraction of sp³-hybridized carbons (Fsp3) is 0.786. The first-order valence-electron chi connectivity index (χ1n) is 7.49. The molecule has 0 fully saturated rings. The molecule has 0 bridgehead atoms. The zero-order valence-corrected chi connectivity index (χ0v) is 14.1. The van der Waals surface area contributed by atoms with Gasteiger partial charge in [0.2, 0.25) is 11.8 Å². The van der Waals surface area contributed by atoms with Crippen molar-refractivity contribution in [3.63, 3.8) is 0 Å². The smallest absolute Gasteiger partial charge is 0.243 e. The molecule has 22 heavy (non-hydrogen) atoms. The molecular formula is C14H28N4O3S. The first kappa shape index (κ1) is 20.9. The van der Waals surface area contributed by atoms with Gasteiger partial charge in [0.25, 0.3) is 0 Å². The first-order valence-corrected chi connectivity index (χ1v) is 8.13. The number of hydrogen-bond donors (Lipinski definition) is 5. The van der Waals surface area contributed by atoms with E-state index in [1.165, 1.54) is 0 Å². The summed E-state index contributed by atoms with van der Waals surface area (Å²) in [7, 11) is 0. The Balaban J connectivity index is 4.59. The average molecular weight is 332 g/mol. The number of rotatable bonds is 11. The standard InChI is InChI=1S/C14H28N4O3S/c1-9(2)12(14(21)17-10(7-19)8-22)18-13(20)11(16)5-3-4-6-15/h7,9-12,22H,3-6,8,15-16H2,1-2H3,(H,17,21)(H,18,20)/t10-,11+,12+/m1/s1. The Kier molecular flexibility index (Phi) is 10.9. The van der Waals surface area contributed by atoms with Crippen LogP contribution in [-0.4, -0.2) is 48.5 Å². The Bertz CT molecular complexity index is 366. The number of amides is 2. The van der Waals surface area contributed by atoms with Crippen molar-refractivity contribution in [3.8, 4) is 0 Å². The highest BCUT2D eigenvalue weighted by Crippen LogP contribution is 2.05. The maximum absolute atomic E-state index is 12.2. The molecule has 0 spiro atoms. The quantitative estimate of drug-likeness (QED) is 0.192. The van der Waals surface area contributed by atoms with Gasteiger partial charge in [-0.2, -0.15) is 12.6 Å². The van der Waals surface area contributed by atoms with E-state index in [9.17, 15) is 14.4 Å². The average Bonchev–Trinajstić information content (AvgIpc) is 2.49. The predicted octanol–water partition coefficient (Wildman–Crippen LogP) is -0.803. The van der Waals surface area contributed by atoms with Crippen LogP contribution < -0.4 is 22.1 Å². The number of hydrogen-bond acceptors (Lipinski definition) is 6. The van der Waals surface area contributed by atoms with Gasteiger partial charge in [-0.25, -0.2) is 0 Å². The van der Waals surface area contributed by atoms with Crippen molar-refractivity contribution in [3.05, 3.63) is 0 Å². The topological polar surface area (TPSA) is 127 Å². The Labute approximate surface area is 137 Å². The molecule has 2 amide bonds. The third-order valence-corrected chi connectivity index (χ3v) is 3.63. The van der Waals surface area contributed by atoms with Crippen molar-refractivity contribution in [1.82, 2.24) is 10.6 Å². The van der Waals surface area contributed by atoms with Crippen LogP contribution in [0.1, 0.15) is 33.1 Å². The number of carbonyl (C=O) groups excluding carboxylic acids is 3. The zero-order valence-electron chi connectivity index (χ0n) is 13.2. The van der Waals surface area contributed by atoms with E-state index in [0.717, 1.165) is 12.8 Å². The normalized spacial score (nSPS) is 15.0. The van der Waals surface area contributed by atoms with E-state index in [-0.39, 0.29) is 17.6 Å². The van der Waals surface area contributed by atoms with E-state index in [1.807, 2.05) is 0 Å². The Hall–Kier alpha value is -1.12. The van der Waals surface area contributed by atoms with Crippen LogP contribution in [0, 0.1) is 5.92 Å². The summed E-state index contributed by atoms with van der Waals surface area (Å²) >= 11 is 3.98. The lowest BCUT2D eigenvalue weighted by Gasteiger charge is -2.24. The molecule has 0 aromatic rings. The number of unbranched alkanes of at least 4 members (excludes halogenated alkanes) is 1. The fourth-order valence-electron chi connectivity index (χ4n) is 1.83. The lowest BCUT2D eigenvalue weighted by molar-refractivity contribution is -0.131. The molecule has 0 unspecified atom stereocenters. The van der Waals surface area contributed by atoms with E-state index < -0.39 is 24.0 Å². The van der Waals surface area contributed by atoms with Crippen LogP contribution in [0.3, 0.4) is 0 Å². The summed E-state index contributed by atoms with van der Waals surface area (Å²) in [6.07, 6.45) is 2.69. The van der Waals surface area contributed by atoms with Crippen LogP contribution in [-0.2, 0) is 14.4 Å². The molecular weight excluding hydrogens is 304 g/mol. The second-order valence-electron chi connectivity index (χ2n) is 5.55. The summed E-state index contributed by atoms with van der Waals surface area (Å²) in [6.45, 7) is 4.17. The molecule has 0 rings (SSSR count). The number of thiol groups is 1. The number of nitrogens with two attached hydrogens (primary N) is 2. The third-order valence-electron chi connectivity index (χ3n) is 3.24. The van der Waals surface area contributed by atoms with Gasteiger partial charge in [-0.3, -0.25) is 9.59 Å². The molecule has 8 heteroatoms. The van der Waals surface area contributed by atoms with Crippen molar-refractivity contribution < 1.29 is 14.4 Å². The number of aldehydes is 1. The van der Waals surface area contributed by atoms with Crippen LogP contribution in [0.4, 0.5) is 0 Å². The van der Waals surface area contributed by atoms with Gasteiger partial charge < -0.3 is 26.9 Å². The summed E-state index contributed by atoms with van der Waals surface area (Å²) < 4.78 is 0. The molecule has 0 aliphatic heterocycles. The maximum Gasteiger partial charge on any atom is 0.243 e. The largest absolute Gasteiger partial charge is 0.344 e.